The van der Waals surface area contributed by atoms with Gasteiger partial charge in [-0.2, -0.15) is 0 Å². The molecule has 1 saturated heterocycles. The average molecular weight is 395 g/mol. The van der Waals surface area contributed by atoms with E-state index < -0.39 is 5.60 Å². The third-order valence-electron chi connectivity index (χ3n) is 5.43. The van der Waals surface area contributed by atoms with Crippen molar-refractivity contribution in [1.82, 2.24) is 9.80 Å². The fraction of sp³-hybridized carbons (Fsp3) is 0.417. The summed E-state index contributed by atoms with van der Waals surface area (Å²) in [6.45, 7) is 5.11. The Bertz CT molecular complexity index is 876. The van der Waals surface area contributed by atoms with Crippen LogP contribution in [0.4, 0.5) is 0 Å². The number of rotatable bonds is 5. The third-order valence-corrected chi connectivity index (χ3v) is 5.43. The minimum absolute atomic E-state index is 0.0547. The summed E-state index contributed by atoms with van der Waals surface area (Å²) in [5.41, 5.74) is 3.50. The van der Waals surface area contributed by atoms with Crippen LogP contribution >= 0.6 is 0 Å². The fourth-order valence-electron chi connectivity index (χ4n) is 3.91. The van der Waals surface area contributed by atoms with Crippen molar-refractivity contribution in [2.45, 2.75) is 32.3 Å². The number of carbonyl (C=O) groups excluding carboxylic acids is 2. The molecule has 0 N–H and O–H groups in total. The average Bonchev–Trinajstić information content (AvgIpc) is 2.73. The summed E-state index contributed by atoms with van der Waals surface area (Å²) in [5.74, 6) is -0.0482. The largest absolute Gasteiger partial charge is 0.361 e. The first-order valence-corrected chi connectivity index (χ1v) is 10.1. The summed E-state index contributed by atoms with van der Waals surface area (Å²) in [6, 6.07) is 16.6. The van der Waals surface area contributed by atoms with Crippen LogP contribution in [0.1, 0.15) is 24.5 Å². The van der Waals surface area contributed by atoms with Crippen LogP contribution in [0.5, 0.6) is 0 Å². The number of hydrogen-bond donors (Lipinski definition) is 0. The lowest BCUT2D eigenvalue weighted by Crippen LogP contribution is -2.61. The van der Waals surface area contributed by atoms with Gasteiger partial charge in [0.25, 0.3) is 5.91 Å². The van der Waals surface area contributed by atoms with E-state index in [1.165, 1.54) is 11.1 Å². The molecule has 1 aliphatic rings. The van der Waals surface area contributed by atoms with Crippen molar-refractivity contribution >= 4 is 11.8 Å². The zero-order chi connectivity index (χ0) is 21.0. The van der Waals surface area contributed by atoms with E-state index in [1.807, 2.05) is 19.1 Å². The molecule has 29 heavy (non-hydrogen) atoms. The van der Waals surface area contributed by atoms with Crippen molar-refractivity contribution in [2.24, 2.45) is 0 Å². The number of likely N-dealkylation sites (N-methyl/N-ethyl adjacent to an activating group) is 1. The molecule has 2 amide bonds. The van der Waals surface area contributed by atoms with Crippen LogP contribution in [0.3, 0.4) is 0 Å². The molecule has 0 bridgehead atoms. The zero-order valence-electron chi connectivity index (χ0n) is 17.8. The molecule has 5 nitrogen and oxygen atoms in total. The molecule has 2 aromatic rings. The van der Waals surface area contributed by atoms with Crippen LogP contribution in [0.15, 0.2) is 48.5 Å². The summed E-state index contributed by atoms with van der Waals surface area (Å²) < 4.78 is 6.06. The first kappa shape index (κ1) is 21.1. The Balaban J connectivity index is 1.86. The van der Waals surface area contributed by atoms with E-state index in [0.29, 0.717) is 26.0 Å². The highest BCUT2D eigenvalue weighted by molar-refractivity contribution is 5.87. The van der Waals surface area contributed by atoms with Crippen molar-refractivity contribution in [3.05, 3.63) is 59.7 Å². The SMILES string of the molecule is CCC(=O)N1CCOC(Cc2ccc(-c3cccc(C)c3)cc2)(C(=O)N(C)C)C1. The van der Waals surface area contributed by atoms with Gasteiger partial charge in [-0.15, -0.1) is 0 Å². The summed E-state index contributed by atoms with van der Waals surface area (Å²) in [4.78, 5) is 28.7. The second-order valence-electron chi connectivity index (χ2n) is 7.95. The van der Waals surface area contributed by atoms with Gasteiger partial charge in [0, 0.05) is 33.5 Å². The lowest BCUT2D eigenvalue weighted by atomic mass is 9.90. The highest BCUT2D eigenvalue weighted by atomic mass is 16.5. The van der Waals surface area contributed by atoms with Crippen LogP contribution in [-0.4, -0.2) is 61.0 Å². The molecule has 1 atom stereocenters. The van der Waals surface area contributed by atoms with Crippen molar-refractivity contribution in [1.29, 1.82) is 0 Å². The predicted molar refractivity (Wildman–Crippen MR) is 115 cm³/mol. The number of carbonyl (C=O) groups is 2. The van der Waals surface area contributed by atoms with Crippen LogP contribution in [0.25, 0.3) is 11.1 Å². The van der Waals surface area contributed by atoms with Gasteiger partial charge in [0.05, 0.1) is 13.2 Å². The molecule has 154 valence electrons. The maximum atomic E-state index is 13.1. The Morgan fingerprint density at radius 3 is 2.45 bits per heavy atom. The lowest BCUT2D eigenvalue weighted by molar-refractivity contribution is -0.172. The number of ether oxygens (including phenoxy) is 1. The highest BCUT2D eigenvalue weighted by Gasteiger charge is 2.45. The Morgan fingerprint density at radius 2 is 1.83 bits per heavy atom. The van der Waals surface area contributed by atoms with Crippen molar-refractivity contribution in [3.8, 4) is 11.1 Å². The summed E-state index contributed by atoms with van der Waals surface area (Å²) in [5, 5.41) is 0. The minimum atomic E-state index is -1.04. The number of aryl methyl sites for hydroxylation is 1. The maximum absolute atomic E-state index is 13.1. The Hall–Kier alpha value is -2.66. The Kier molecular flexibility index (Phi) is 6.38. The molecule has 0 aliphatic carbocycles. The molecule has 3 rings (SSSR count). The monoisotopic (exact) mass is 394 g/mol. The summed E-state index contributed by atoms with van der Waals surface area (Å²) in [7, 11) is 3.46. The van der Waals surface area contributed by atoms with E-state index in [2.05, 4.69) is 43.3 Å². The van der Waals surface area contributed by atoms with Crippen LogP contribution in [0, 0.1) is 6.92 Å². The summed E-state index contributed by atoms with van der Waals surface area (Å²) >= 11 is 0. The van der Waals surface area contributed by atoms with E-state index in [0.717, 1.165) is 11.1 Å². The zero-order valence-corrected chi connectivity index (χ0v) is 17.8. The molecular formula is C24H30N2O3. The van der Waals surface area contributed by atoms with Gasteiger partial charge in [0.15, 0.2) is 5.60 Å². The van der Waals surface area contributed by atoms with Gasteiger partial charge < -0.3 is 14.5 Å². The van der Waals surface area contributed by atoms with Crippen LogP contribution in [0.2, 0.25) is 0 Å². The van der Waals surface area contributed by atoms with Crippen molar-refractivity contribution in [2.75, 3.05) is 33.8 Å². The number of morpholine rings is 1. The second kappa shape index (κ2) is 8.78. The highest BCUT2D eigenvalue weighted by Crippen LogP contribution is 2.28. The van der Waals surface area contributed by atoms with E-state index in [-0.39, 0.29) is 18.4 Å². The Labute approximate surface area is 173 Å². The van der Waals surface area contributed by atoms with E-state index in [1.54, 1.807) is 23.9 Å². The minimum Gasteiger partial charge on any atom is -0.361 e. The van der Waals surface area contributed by atoms with Gasteiger partial charge in [-0.1, -0.05) is 61.0 Å². The standard InChI is InChI=1S/C24H30N2O3/c1-5-22(27)26-13-14-29-24(17-26,23(28)25(3)4)16-19-9-11-20(12-10-19)21-8-6-7-18(2)15-21/h6-12,15H,5,13-14,16-17H2,1-4H3. The molecule has 5 heteroatoms. The van der Waals surface area contributed by atoms with E-state index >= 15 is 0 Å². The molecule has 1 unspecified atom stereocenters. The summed E-state index contributed by atoms with van der Waals surface area (Å²) in [6.07, 6.45) is 0.864. The van der Waals surface area contributed by atoms with Crippen molar-refractivity contribution in [3.63, 3.8) is 0 Å². The van der Waals surface area contributed by atoms with Crippen LogP contribution in [-0.2, 0) is 20.7 Å². The van der Waals surface area contributed by atoms with Gasteiger partial charge in [0.1, 0.15) is 0 Å². The molecule has 1 heterocycles. The predicted octanol–water partition coefficient (Wildman–Crippen LogP) is 3.30. The quantitative estimate of drug-likeness (QED) is 0.782. The number of hydrogen-bond acceptors (Lipinski definition) is 3. The first-order chi connectivity index (χ1) is 13.8. The maximum Gasteiger partial charge on any atom is 0.256 e. The van der Waals surface area contributed by atoms with E-state index in [9.17, 15) is 9.59 Å². The lowest BCUT2D eigenvalue weighted by Gasteiger charge is -2.42. The molecule has 0 saturated carbocycles. The van der Waals surface area contributed by atoms with Crippen molar-refractivity contribution < 1.29 is 14.3 Å². The van der Waals surface area contributed by atoms with Gasteiger partial charge in [-0.05, 0) is 23.6 Å². The normalized spacial score (nSPS) is 19.1. The first-order valence-electron chi connectivity index (χ1n) is 10.1. The van der Waals surface area contributed by atoms with Crippen LogP contribution < -0.4 is 0 Å². The Morgan fingerprint density at radius 1 is 1.10 bits per heavy atom. The van der Waals surface area contributed by atoms with Gasteiger partial charge >= 0.3 is 0 Å². The number of benzene rings is 2. The molecule has 1 fully saturated rings. The smallest absolute Gasteiger partial charge is 0.256 e. The molecule has 0 radical (unpaired) electrons. The molecule has 0 aromatic heterocycles. The third kappa shape index (κ3) is 4.67. The number of amides is 2. The molecule has 2 aromatic carbocycles. The van der Waals surface area contributed by atoms with Gasteiger partial charge in [0.2, 0.25) is 5.91 Å². The van der Waals surface area contributed by atoms with Gasteiger partial charge in [-0.25, -0.2) is 0 Å². The second-order valence-corrected chi connectivity index (χ2v) is 7.95. The fourth-order valence-corrected chi connectivity index (χ4v) is 3.91. The van der Waals surface area contributed by atoms with Gasteiger partial charge in [-0.3, -0.25) is 9.59 Å². The van der Waals surface area contributed by atoms with E-state index in [4.69, 9.17) is 4.74 Å². The molecular weight excluding hydrogens is 364 g/mol. The topological polar surface area (TPSA) is 49.9 Å². The number of nitrogens with zero attached hydrogens (tertiary/aromatic N) is 2. The molecule has 1 aliphatic heterocycles. The molecule has 0 spiro atoms.